The Morgan fingerprint density at radius 2 is 1.79 bits per heavy atom. The number of urea groups is 1. The second-order valence-electron chi connectivity index (χ2n) is 8.55. The number of anilines is 1. The van der Waals surface area contributed by atoms with E-state index in [-0.39, 0.29) is 25.3 Å². The molecule has 4 aliphatic heterocycles. The number of hydrogen-bond acceptors (Lipinski definition) is 6. The molecule has 1 fully saturated rings. The Labute approximate surface area is 191 Å². The molecule has 0 bridgehead atoms. The zero-order valence-electron chi connectivity index (χ0n) is 18.2. The first-order valence-corrected chi connectivity index (χ1v) is 11.3. The highest BCUT2D eigenvalue weighted by atomic mass is 16.7. The maximum absolute atomic E-state index is 13.9. The predicted octanol–water partition coefficient (Wildman–Crippen LogP) is 1.87. The second kappa shape index (κ2) is 7.84. The molecule has 4 heterocycles. The van der Waals surface area contributed by atoms with Gasteiger partial charge < -0.3 is 34.1 Å². The highest BCUT2D eigenvalue weighted by Crippen LogP contribution is 2.54. The van der Waals surface area contributed by atoms with Gasteiger partial charge in [0.15, 0.2) is 11.5 Å². The zero-order valence-corrected chi connectivity index (χ0v) is 18.2. The molecule has 172 valence electrons. The second-order valence-corrected chi connectivity index (χ2v) is 8.55. The van der Waals surface area contributed by atoms with Crippen molar-refractivity contribution in [2.45, 2.75) is 11.8 Å². The van der Waals surface area contributed by atoms with Crippen LogP contribution >= 0.6 is 0 Å². The van der Waals surface area contributed by atoms with Crippen molar-refractivity contribution in [1.82, 2.24) is 10.2 Å². The summed E-state index contributed by atoms with van der Waals surface area (Å²) in [6.07, 6.45) is 0.640. The Morgan fingerprint density at radius 3 is 2.64 bits per heavy atom. The topological polar surface area (TPSA) is 89.6 Å². The third-order valence-corrected chi connectivity index (χ3v) is 6.78. The zero-order chi connectivity index (χ0) is 22.4. The average Bonchev–Trinajstić information content (AvgIpc) is 3.53. The van der Waals surface area contributed by atoms with Crippen LogP contribution in [0.25, 0.3) is 0 Å². The smallest absolute Gasteiger partial charge is 0.317 e. The normalized spacial score (nSPS) is 22.4. The minimum Gasteiger partial charge on any atom is -0.491 e. The first kappa shape index (κ1) is 20.2. The summed E-state index contributed by atoms with van der Waals surface area (Å²) in [5, 5.41) is 2.96. The van der Waals surface area contributed by atoms with Crippen LogP contribution in [0, 0.1) is 0 Å². The van der Waals surface area contributed by atoms with Crippen LogP contribution in [0.15, 0.2) is 36.4 Å². The van der Waals surface area contributed by atoms with E-state index in [2.05, 4.69) is 5.32 Å². The summed E-state index contributed by atoms with van der Waals surface area (Å²) in [7, 11) is 0. The minimum atomic E-state index is -0.899. The van der Waals surface area contributed by atoms with Crippen molar-refractivity contribution in [3.05, 3.63) is 47.5 Å². The van der Waals surface area contributed by atoms with Crippen LogP contribution in [-0.4, -0.2) is 69.6 Å². The minimum absolute atomic E-state index is 0.0131. The lowest BCUT2D eigenvalue weighted by Crippen LogP contribution is -2.47. The fourth-order valence-corrected chi connectivity index (χ4v) is 5.10. The van der Waals surface area contributed by atoms with E-state index in [0.717, 1.165) is 16.8 Å². The van der Waals surface area contributed by atoms with Crippen LogP contribution in [-0.2, 0) is 14.9 Å². The maximum atomic E-state index is 13.9. The Balaban J connectivity index is 1.21. The van der Waals surface area contributed by atoms with Crippen LogP contribution in [0.2, 0.25) is 0 Å². The first-order chi connectivity index (χ1) is 16.2. The summed E-state index contributed by atoms with van der Waals surface area (Å²) in [4.78, 5) is 29.8. The number of fused-ring (bicyclic) bond motifs is 5. The van der Waals surface area contributed by atoms with Gasteiger partial charge in [0, 0.05) is 43.5 Å². The molecule has 1 atom stereocenters. The largest absolute Gasteiger partial charge is 0.491 e. The molecule has 9 nitrogen and oxygen atoms in total. The van der Waals surface area contributed by atoms with Gasteiger partial charge in [0.2, 0.25) is 12.7 Å². The number of benzene rings is 2. The van der Waals surface area contributed by atoms with E-state index < -0.39 is 5.41 Å². The Hall–Kier alpha value is -3.46. The molecule has 1 N–H and O–H groups in total. The molecule has 1 saturated heterocycles. The average molecular weight is 451 g/mol. The first-order valence-electron chi connectivity index (χ1n) is 11.3. The number of para-hydroxylation sites is 1. The van der Waals surface area contributed by atoms with Gasteiger partial charge in [-0.05, 0) is 24.1 Å². The Morgan fingerprint density at radius 1 is 1.00 bits per heavy atom. The molecular formula is C24H25N3O6. The monoisotopic (exact) mass is 451 g/mol. The third kappa shape index (κ3) is 3.10. The summed E-state index contributed by atoms with van der Waals surface area (Å²) in [6.45, 7) is 3.73. The van der Waals surface area contributed by atoms with E-state index in [4.69, 9.17) is 18.9 Å². The van der Waals surface area contributed by atoms with Crippen molar-refractivity contribution in [3.63, 3.8) is 0 Å². The molecule has 3 amide bonds. The van der Waals surface area contributed by atoms with E-state index in [9.17, 15) is 9.59 Å². The molecule has 0 aliphatic carbocycles. The van der Waals surface area contributed by atoms with Crippen molar-refractivity contribution in [2.24, 2.45) is 0 Å². The number of nitrogens with one attached hydrogen (secondary N) is 1. The van der Waals surface area contributed by atoms with Crippen molar-refractivity contribution in [2.75, 3.05) is 57.7 Å². The summed E-state index contributed by atoms with van der Waals surface area (Å²) in [5.74, 6) is 1.91. The quantitative estimate of drug-likeness (QED) is 0.714. The SMILES string of the molecule is O=C(NCCCN1C(=O)C2(COc3cc4c(cc32)OCO4)c2ccccc21)N1CCOCC1. The molecule has 0 saturated carbocycles. The van der Waals surface area contributed by atoms with Crippen LogP contribution < -0.4 is 24.4 Å². The fourth-order valence-electron chi connectivity index (χ4n) is 5.10. The number of carbonyl (C=O) groups is 2. The van der Waals surface area contributed by atoms with Gasteiger partial charge in [-0.3, -0.25) is 4.79 Å². The molecule has 0 aromatic heterocycles. The molecule has 2 aromatic rings. The van der Waals surface area contributed by atoms with Gasteiger partial charge in [0.25, 0.3) is 0 Å². The molecule has 4 aliphatic rings. The van der Waals surface area contributed by atoms with Crippen LogP contribution in [0.4, 0.5) is 10.5 Å². The molecular weight excluding hydrogens is 426 g/mol. The number of ether oxygens (including phenoxy) is 4. The van der Waals surface area contributed by atoms with Crippen LogP contribution in [0.5, 0.6) is 17.2 Å². The van der Waals surface area contributed by atoms with E-state index >= 15 is 0 Å². The van der Waals surface area contributed by atoms with Crippen LogP contribution in [0.3, 0.4) is 0 Å². The van der Waals surface area contributed by atoms with Gasteiger partial charge >= 0.3 is 6.03 Å². The molecule has 6 rings (SSSR count). The summed E-state index contributed by atoms with van der Waals surface area (Å²) < 4.78 is 22.4. The number of amides is 3. The van der Waals surface area contributed by atoms with Crippen molar-refractivity contribution in [3.8, 4) is 17.2 Å². The molecule has 2 aromatic carbocycles. The summed E-state index contributed by atoms with van der Waals surface area (Å²) >= 11 is 0. The summed E-state index contributed by atoms with van der Waals surface area (Å²) in [6, 6.07) is 11.5. The Bertz CT molecular complexity index is 1120. The maximum Gasteiger partial charge on any atom is 0.317 e. The highest BCUT2D eigenvalue weighted by Gasteiger charge is 2.57. The number of morpholine rings is 1. The van der Waals surface area contributed by atoms with E-state index in [1.165, 1.54) is 0 Å². The molecule has 1 unspecified atom stereocenters. The fraction of sp³-hybridized carbons (Fsp3) is 0.417. The van der Waals surface area contributed by atoms with Gasteiger partial charge in [-0.15, -0.1) is 0 Å². The number of rotatable bonds is 4. The summed E-state index contributed by atoms with van der Waals surface area (Å²) in [5.41, 5.74) is 1.73. The van der Waals surface area contributed by atoms with Gasteiger partial charge in [0.1, 0.15) is 17.8 Å². The van der Waals surface area contributed by atoms with E-state index in [1.54, 1.807) is 4.90 Å². The van der Waals surface area contributed by atoms with E-state index in [1.807, 2.05) is 41.3 Å². The van der Waals surface area contributed by atoms with Crippen LogP contribution in [0.1, 0.15) is 17.5 Å². The molecule has 33 heavy (non-hydrogen) atoms. The Kier molecular flexibility index (Phi) is 4.79. The molecule has 0 radical (unpaired) electrons. The number of hydrogen-bond donors (Lipinski definition) is 1. The van der Waals surface area contributed by atoms with Gasteiger partial charge in [-0.2, -0.15) is 0 Å². The van der Waals surface area contributed by atoms with Gasteiger partial charge in [-0.1, -0.05) is 18.2 Å². The van der Waals surface area contributed by atoms with Gasteiger partial charge in [-0.25, -0.2) is 4.79 Å². The molecule has 1 spiro atoms. The number of carbonyl (C=O) groups excluding carboxylic acids is 2. The third-order valence-electron chi connectivity index (χ3n) is 6.78. The molecule has 9 heteroatoms. The number of nitrogens with zero attached hydrogens (tertiary/aromatic N) is 2. The van der Waals surface area contributed by atoms with Crippen molar-refractivity contribution in [1.29, 1.82) is 0 Å². The standard InChI is InChI=1S/C24H25N3O6/c28-22-24(14-31-19-13-21-20(12-17(19)24)32-15-33-21)16-4-1-2-5-18(16)27(22)7-3-6-25-23(29)26-8-10-30-11-9-26/h1-2,4-5,12-13H,3,6-11,14-15H2,(H,25,29). The lowest BCUT2D eigenvalue weighted by atomic mass is 9.77. The van der Waals surface area contributed by atoms with Gasteiger partial charge in [0.05, 0.1) is 13.2 Å². The van der Waals surface area contributed by atoms with Crippen molar-refractivity contribution < 1.29 is 28.5 Å². The van der Waals surface area contributed by atoms with E-state index in [0.29, 0.717) is 63.1 Å². The van der Waals surface area contributed by atoms with Crippen molar-refractivity contribution >= 4 is 17.6 Å². The lowest BCUT2D eigenvalue weighted by Gasteiger charge is -2.27. The highest BCUT2D eigenvalue weighted by molar-refractivity contribution is 6.11. The predicted molar refractivity (Wildman–Crippen MR) is 118 cm³/mol. The lowest BCUT2D eigenvalue weighted by molar-refractivity contribution is -0.122.